The van der Waals surface area contributed by atoms with Gasteiger partial charge in [0.05, 0.1) is 11.9 Å². The Kier molecular flexibility index (Phi) is 3.94. The minimum atomic E-state index is 0.898. The van der Waals surface area contributed by atoms with Gasteiger partial charge in [-0.25, -0.2) is 4.98 Å². The lowest BCUT2D eigenvalue weighted by molar-refractivity contribution is 0.609. The van der Waals surface area contributed by atoms with Crippen molar-refractivity contribution in [3.05, 3.63) is 36.3 Å². The summed E-state index contributed by atoms with van der Waals surface area (Å²) in [5, 5.41) is 3.45. The van der Waals surface area contributed by atoms with Gasteiger partial charge in [0.2, 0.25) is 0 Å². The molecule has 0 unspecified atom stereocenters. The maximum atomic E-state index is 4.36. The second-order valence-corrected chi connectivity index (χ2v) is 4.06. The Labute approximate surface area is 96.5 Å². The number of unbranched alkanes of at least 4 members (excludes halogenated alkanes) is 2. The summed E-state index contributed by atoms with van der Waals surface area (Å²) in [7, 11) is 0. The third kappa shape index (κ3) is 2.61. The van der Waals surface area contributed by atoms with Gasteiger partial charge in [0, 0.05) is 12.7 Å². The molecule has 2 aromatic heterocycles. The predicted molar refractivity (Wildman–Crippen MR) is 66.4 cm³/mol. The Hall–Kier alpha value is -1.35. The summed E-state index contributed by atoms with van der Waals surface area (Å²) < 4.78 is 2.13. The average Bonchev–Trinajstić information content (AvgIpc) is 2.73. The van der Waals surface area contributed by atoms with Gasteiger partial charge in [-0.15, -0.1) is 0 Å². The quantitative estimate of drug-likeness (QED) is 0.754. The lowest BCUT2D eigenvalue weighted by atomic mass is 10.2. The Morgan fingerprint density at radius 3 is 3.12 bits per heavy atom. The van der Waals surface area contributed by atoms with Crippen LogP contribution in [-0.2, 0) is 6.54 Å². The van der Waals surface area contributed by atoms with Crippen molar-refractivity contribution in [1.82, 2.24) is 14.7 Å². The molecule has 16 heavy (non-hydrogen) atoms. The molecule has 3 heteroatoms. The van der Waals surface area contributed by atoms with E-state index in [0.717, 1.165) is 18.7 Å². The summed E-state index contributed by atoms with van der Waals surface area (Å²) in [5.41, 5.74) is 2.25. The van der Waals surface area contributed by atoms with Crippen LogP contribution >= 0.6 is 0 Å². The maximum Gasteiger partial charge on any atom is 0.136 e. The third-order valence-electron chi connectivity index (χ3n) is 2.76. The van der Waals surface area contributed by atoms with Crippen LogP contribution < -0.4 is 5.32 Å². The molecule has 0 saturated heterocycles. The number of aromatic nitrogens is 2. The van der Waals surface area contributed by atoms with E-state index in [4.69, 9.17) is 0 Å². The van der Waals surface area contributed by atoms with Gasteiger partial charge in [-0.05, 0) is 25.1 Å². The first-order valence-electron chi connectivity index (χ1n) is 6.03. The summed E-state index contributed by atoms with van der Waals surface area (Å²) in [6.45, 7) is 4.22. The van der Waals surface area contributed by atoms with Gasteiger partial charge < -0.3 is 9.72 Å². The van der Waals surface area contributed by atoms with E-state index in [1.54, 1.807) is 0 Å². The molecule has 0 aliphatic heterocycles. The van der Waals surface area contributed by atoms with Gasteiger partial charge in [-0.2, -0.15) is 0 Å². The monoisotopic (exact) mass is 217 g/mol. The molecule has 0 aliphatic rings. The lowest BCUT2D eigenvalue weighted by Gasteiger charge is -2.04. The van der Waals surface area contributed by atoms with Crippen LogP contribution in [0.15, 0.2) is 30.6 Å². The van der Waals surface area contributed by atoms with Crippen LogP contribution in [0, 0.1) is 0 Å². The molecule has 0 fully saturated rings. The molecule has 0 aromatic carbocycles. The van der Waals surface area contributed by atoms with Crippen LogP contribution in [0.5, 0.6) is 0 Å². The molecule has 0 saturated carbocycles. The molecule has 3 nitrogen and oxygen atoms in total. The van der Waals surface area contributed by atoms with Crippen LogP contribution in [-0.4, -0.2) is 15.9 Å². The fourth-order valence-corrected chi connectivity index (χ4v) is 1.83. The summed E-state index contributed by atoms with van der Waals surface area (Å²) in [6, 6.07) is 6.08. The molecule has 2 rings (SSSR count). The van der Waals surface area contributed by atoms with Gasteiger partial charge in [0.25, 0.3) is 0 Å². The second kappa shape index (κ2) is 5.66. The van der Waals surface area contributed by atoms with E-state index >= 15 is 0 Å². The van der Waals surface area contributed by atoms with Crippen LogP contribution in [0.1, 0.15) is 31.9 Å². The number of hydrogen-bond acceptors (Lipinski definition) is 2. The highest BCUT2D eigenvalue weighted by atomic mass is 15.0. The third-order valence-corrected chi connectivity index (χ3v) is 2.76. The molecule has 0 bridgehead atoms. The number of rotatable bonds is 6. The standard InChI is InChI=1S/C13H19N3/c1-2-3-5-8-14-10-12-11-15-13-7-4-6-9-16(12)13/h4,6-7,9,11,14H,2-3,5,8,10H2,1H3. The molecular formula is C13H19N3. The van der Waals surface area contributed by atoms with Gasteiger partial charge >= 0.3 is 0 Å². The number of nitrogens with one attached hydrogen (secondary N) is 1. The van der Waals surface area contributed by atoms with Crippen molar-refractivity contribution in [3.8, 4) is 0 Å². The van der Waals surface area contributed by atoms with E-state index in [1.165, 1.54) is 25.0 Å². The molecule has 0 radical (unpaired) electrons. The van der Waals surface area contributed by atoms with Crippen LogP contribution in [0.25, 0.3) is 5.65 Å². The largest absolute Gasteiger partial charge is 0.311 e. The minimum Gasteiger partial charge on any atom is -0.311 e. The molecule has 0 aliphatic carbocycles. The summed E-state index contributed by atoms with van der Waals surface area (Å²) >= 11 is 0. The predicted octanol–water partition coefficient (Wildman–Crippen LogP) is 2.61. The number of fused-ring (bicyclic) bond motifs is 1. The van der Waals surface area contributed by atoms with E-state index in [-0.39, 0.29) is 0 Å². The van der Waals surface area contributed by atoms with Crippen molar-refractivity contribution >= 4 is 5.65 Å². The molecule has 0 spiro atoms. The minimum absolute atomic E-state index is 0.898. The van der Waals surface area contributed by atoms with Crippen molar-refractivity contribution in [2.75, 3.05) is 6.54 Å². The van der Waals surface area contributed by atoms with E-state index in [9.17, 15) is 0 Å². The van der Waals surface area contributed by atoms with Crippen molar-refractivity contribution < 1.29 is 0 Å². The lowest BCUT2D eigenvalue weighted by Crippen LogP contribution is -2.15. The highest BCUT2D eigenvalue weighted by molar-refractivity contribution is 5.39. The van der Waals surface area contributed by atoms with Crippen molar-refractivity contribution in [2.45, 2.75) is 32.7 Å². The Balaban J connectivity index is 1.89. The molecule has 2 heterocycles. The molecule has 0 amide bonds. The zero-order valence-electron chi connectivity index (χ0n) is 9.82. The first-order chi connectivity index (χ1) is 7.92. The van der Waals surface area contributed by atoms with E-state index in [1.807, 2.05) is 24.4 Å². The van der Waals surface area contributed by atoms with E-state index < -0.39 is 0 Å². The molecular weight excluding hydrogens is 198 g/mol. The first-order valence-corrected chi connectivity index (χ1v) is 6.03. The first kappa shape index (κ1) is 11.1. The normalized spacial score (nSPS) is 11.1. The fourth-order valence-electron chi connectivity index (χ4n) is 1.83. The second-order valence-electron chi connectivity index (χ2n) is 4.06. The smallest absolute Gasteiger partial charge is 0.136 e. The Bertz CT molecular complexity index is 433. The van der Waals surface area contributed by atoms with Gasteiger partial charge in [0.15, 0.2) is 0 Å². The number of hydrogen-bond donors (Lipinski definition) is 1. The van der Waals surface area contributed by atoms with E-state index in [0.29, 0.717) is 0 Å². The topological polar surface area (TPSA) is 29.3 Å². The van der Waals surface area contributed by atoms with Gasteiger partial charge in [0.1, 0.15) is 5.65 Å². The van der Waals surface area contributed by atoms with Gasteiger partial charge in [-0.1, -0.05) is 25.8 Å². The number of nitrogens with zero attached hydrogens (tertiary/aromatic N) is 2. The molecule has 0 atom stereocenters. The summed E-state index contributed by atoms with van der Waals surface area (Å²) in [4.78, 5) is 4.36. The SMILES string of the molecule is CCCCCNCc1cnc2ccccn12. The molecule has 2 aromatic rings. The van der Waals surface area contributed by atoms with Gasteiger partial charge in [-0.3, -0.25) is 0 Å². The Morgan fingerprint density at radius 2 is 2.25 bits per heavy atom. The maximum absolute atomic E-state index is 4.36. The average molecular weight is 217 g/mol. The summed E-state index contributed by atoms with van der Waals surface area (Å²) in [6.07, 6.45) is 7.85. The zero-order chi connectivity index (χ0) is 11.2. The number of pyridine rings is 1. The van der Waals surface area contributed by atoms with E-state index in [2.05, 4.69) is 27.8 Å². The van der Waals surface area contributed by atoms with Crippen molar-refractivity contribution in [2.24, 2.45) is 0 Å². The number of imidazole rings is 1. The Morgan fingerprint density at radius 1 is 1.31 bits per heavy atom. The van der Waals surface area contributed by atoms with Crippen LogP contribution in [0.4, 0.5) is 0 Å². The fraction of sp³-hybridized carbons (Fsp3) is 0.462. The highest BCUT2D eigenvalue weighted by Gasteiger charge is 2.00. The van der Waals surface area contributed by atoms with Crippen LogP contribution in [0.2, 0.25) is 0 Å². The molecule has 1 N–H and O–H groups in total. The van der Waals surface area contributed by atoms with Crippen molar-refractivity contribution in [1.29, 1.82) is 0 Å². The van der Waals surface area contributed by atoms with Crippen LogP contribution in [0.3, 0.4) is 0 Å². The zero-order valence-corrected chi connectivity index (χ0v) is 9.82. The molecule has 86 valence electrons. The highest BCUT2D eigenvalue weighted by Crippen LogP contribution is 2.05. The van der Waals surface area contributed by atoms with Crippen molar-refractivity contribution in [3.63, 3.8) is 0 Å². The summed E-state index contributed by atoms with van der Waals surface area (Å²) in [5.74, 6) is 0.